The fourth-order valence-electron chi connectivity index (χ4n) is 3.81. The highest BCUT2D eigenvalue weighted by atomic mass is 19.3. The van der Waals surface area contributed by atoms with E-state index in [0.717, 1.165) is 19.1 Å². The van der Waals surface area contributed by atoms with Gasteiger partial charge in [0.05, 0.1) is 13.2 Å². The number of hydrogen-bond donors (Lipinski definition) is 3. The predicted molar refractivity (Wildman–Crippen MR) is 124 cm³/mol. The Morgan fingerprint density at radius 2 is 1.65 bits per heavy atom. The van der Waals surface area contributed by atoms with Gasteiger partial charge in [-0.1, -0.05) is 27.7 Å². The summed E-state index contributed by atoms with van der Waals surface area (Å²) in [6, 6.07) is -4.84. The number of carbonyl (C=O) groups excluding carboxylic acids is 5. The lowest BCUT2D eigenvalue weighted by atomic mass is 9.83. The topological polar surface area (TPSA) is 134 Å². The first kappa shape index (κ1) is 32.1. The Bertz CT molecular complexity index is 887. The van der Waals surface area contributed by atoms with Crippen molar-refractivity contribution >= 4 is 29.6 Å². The second-order valence-electron chi connectivity index (χ2n) is 10.4. The Hall–Kier alpha value is -2.93. The molecule has 1 saturated heterocycles. The molecule has 10 nitrogen and oxygen atoms in total. The van der Waals surface area contributed by atoms with Crippen LogP contribution in [0.1, 0.15) is 53.9 Å². The van der Waals surface area contributed by atoms with Gasteiger partial charge in [0.15, 0.2) is 0 Å². The molecule has 37 heavy (non-hydrogen) atoms. The van der Waals surface area contributed by atoms with E-state index in [2.05, 4.69) is 15.4 Å². The number of Topliss-reactive ketones (excluding diaryl/α,β-unsaturated/α-hetero) is 1. The Morgan fingerprint density at radius 3 is 2.11 bits per heavy atom. The van der Waals surface area contributed by atoms with Crippen LogP contribution in [0.2, 0.25) is 0 Å². The van der Waals surface area contributed by atoms with Crippen LogP contribution in [0.25, 0.3) is 0 Å². The van der Waals surface area contributed by atoms with Gasteiger partial charge < -0.3 is 25.6 Å². The molecule has 212 valence electrons. The Morgan fingerprint density at radius 1 is 1.08 bits per heavy atom. The van der Waals surface area contributed by atoms with Gasteiger partial charge in [0.1, 0.15) is 12.1 Å². The van der Waals surface area contributed by atoms with Crippen molar-refractivity contribution in [3.8, 4) is 0 Å². The summed E-state index contributed by atoms with van der Waals surface area (Å²) in [5.41, 5.74) is -0.931. The average molecular weight is 541 g/mol. The highest BCUT2D eigenvalue weighted by molar-refractivity contribution is 6.38. The van der Waals surface area contributed by atoms with E-state index in [9.17, 15) is 41.5 Å². The number of carbonyl (C=O) groups is 5. The molecular formula is C23H36F4N4O6. The quantitative estimate of drug-likeness (QED) is 0.302. The molecule has 1 aliphatic rings. The SMILES string of the molecule is CNC(=O)C(=O)[C@H](CCC(C)(F)F)NC(=O)[C@@H]1CC(F)(F)[C@@H](C)CN1C(=O)[C@@H](NC(=O)OC)C(C)(C)C. The number of alkyl halides is 4. The highest BCUT2D eigenvalue weighted by Crippen LogP contribution is 2.38. The number of likely N-dealkylation sites (tertiary alicyclic amines) is 1. The number of methoxy groups -OCH3 is 1. The van der Waals surface area contributed by atoms with Crippen molar-refractivity contribution in [1.82, 2.24) is 20.9 Å². The number of halogens is 4. The zero-order valence-corrected chi connectivity index (χ0v) is 22.0. The summed E-state index contributed by atoms with van der Waals surface area (Å²) in [6.07, 6.45) is -3.60. The van der Waals surface area contributed by atoms with E-state index >= 15 is 0 Å². The number of nitrogens with one attached hydrogen (secondary N) is 3. The third-order valence-corrected chi connectivity index (χ3v) is 6.14. The van der Waals surface area contributed by atoms with Gasteiger partial charge in [-0.05, 0) is 18.8 Å². The van der Waals surface area contributed by atoms with E-state index in [4.69, 9.17) is 0 Å². The van der Waals surface area contributed by atoms with Crippen molar-refractivity contribution < 1.29 is 46.3 Å². The zero-order chi connectivity index (χ0) is 28.9. The highest BCUT2D eigenvalue weighted by Gasteiger charge is 2.52. The number of ketones is 1. The van der Waals surface area contributed by atoms with Gasteiger partial charge in [-0.3, -0.25) is 19.2 Å². The summed E-state index contributed by atoms with van der Waals surface area (Å²) in [4.78, 5) is 63.7. The van der Waals surface area contributed by atoms with E-state index in [1.807, 2.05) is 5.32 Å². The van der Waals surface area contributed by atoms with Gasteiger partial charge in [-0.15, -0.1) is 0 Å². The van der Waals surface area contributed by atoms with E-state index in [-0.39, 0.29) is 0 Å². The maximum absolute atomic E-state index is 14.7. The van der Waals surface area contributed by atoms with Crippen molar-refractivity contribution in [2.24, 2.45) is 11.3 Å². The van der Waals surface area contributed by atoms with Gasteiger partial charge in [0.25, 0.3) is 11.8 Å². The fraction of sp³-hybridized carbons (Fsp3) is 0.783. The minimum Gasteiger partial charge on any atom is -0.453 e. The summed E-state index contributed by atoms with van der Waals surface area (Å²) in [6.45, 7) is 6.01. The van der Waals surface area contributed by atoms with Gasteiger partial charge in [-0.25, -0.2) is 22.4 Å². The standard InChI is InChI=1S/C23H36F4N4O6/c1-12-11-31(19(35)16(21(2,3)4)30-20(36)37-7)14(10-23(12,26)27)17(33)29-13(8-9-22(5,24)25)15(32)18(34)28-6/h12-14,16H,8-11H2,1-7H3,(H,28,34)(H,29,33)(H,30,36)/t12-,13-,14-,16+/m0/s1. The maximum atomic E-state index is 14.7. The molecule has 0 aromatic rings. The Balaban J connectivity index is 3.37. The summed E-state index contributed by atoms with van der Waals surface area (Å²) in [7, 11) is 2.20. The molecule has 1 heterocycles. The van der Waals surface area contributed by atoms with Crippen LogP contribution >= 0.6 is 0 Å². The van der Waals surface area contributed by atoms with Crippen molar-refractivity contribution in [3.63, 3.8) is 0 Å². The van der Waals surface area contributed by atoms with Crippen molar-refractivity contribution in [3.05, 3.63) is 0 Å². The monoisotopic (exact) mass is 540 g/mol. The first-order valence-corrected chi connectivity index (χ1v) is 11.7. The minimum absolute atomic E-state index is 0.569. The molecule has 14 heteroatoms. The number of ether oxygens (including phenoxy) is 1. The van der Waals surface area contributed by atoms with Crippen LogP contribution in [0.3, 0.4) is 0 Å². The molecule has 1 rings (SSSR count). The molecule has 1 fully saturated rings. The van der Waals surface area contributed by atoms with E-state index in [1.165, 1.54) is 6.92 Å². The van der Waals surface area contributed by atoms with Gasteiger partial charge >= 0.3 is 6.09 Å². The van der Waals surface area contributed by atoms with Crippen LogP contribution in [0.5, 0.6) is 0 Å². The number of alkyl carbamates (subject to hydrolysis) is 1. The number of rotatable bonds is 9. The van der Waals surface area contributed by atoms with E-state index in [0.29, 0.717) is 6.92 Å². The smallest absolute Gasteiger partial charge is 0.407 e. The van der Waals surface area contributed by atoms with Crippen molar-refractivity contribution in [2.45, 2.75) is 83.9 Å². The third kappa shape index (κ3) is 8.85. The summed E-state index contributed by atoms with van der Waals surface area (Å²) in [5.74, 6) is -12.5. The van der Waals surface area contributed by atoms with Crippen molar-refractivity contribution in [2.75, 3.05) is 20.7 Å². The third-order valence-electron chi connectivity index (χ3n) is 6.14. The summed E-state index contributed by atoms with van der Waals surface area (Å²) < 4.78 is 60.8. The largest absolute Gasteiger partial charge is 0.453 e. The molecule has 0 aliphatic carbocycles. The summed E-state index contributed by atoms with van der Waals surface area (Å²) in [5, 5.41) is 6.51. The number of nitrogens with zero attached hydrogens (tertiary/aromatic N) is 1. The molecule has 4 amide bonds. The van der Waals surface area contributed by atoms with Crippen molar-refractivity contribution in [1.29, 1.82) is 0 Å². The molecule has 0 spiro atoms. The normalized spacial score (nSPS) is 21.3. The Kier molecular flexibility index (Phi) is 10.5. The molecule has 3 N–H and O–H groups in total. The molecule has 0 saturated carbocycles. The average Bonchev–Trinajstić information content (AvgIpc) is 2.78. The Labute approximate surface area is 213 Å². The summed E-state index contributed by atoms with van der Waals surface area (Å²) >= 11 is 0. The second-order valence-corrected chi connectivity index (χ2v) is 10.4. The predicted octanol–water partition coefficient (Wildman–Crippen LogP) is 1.86. The van der Waals surface area contributed by atoms with Crippen LogP contribution in [0, 0.1) is 11.3 Å². The lowest BCUT2D eigenvalue weighted by Crippen LogP contribution is -2.65. The fourth-order valence-corrected chi connectivity index (χ4v) is 3.81. The number of piperidine rings is 1. The number of likely N-dealkylation sites (N-methyl/N-ethyl adjacent to an activating group) is 1. The van der Waals surface area contributed by atoms with Gasteiger partial charge in [0.2, 0.25) is 23.5 Å². The molecule has 0 radical (unpaired) electrons. The van der Waals surface area contributed by atoms with E-state index < -0.39 is 96.7 Å². The van der Waals surface area contributed by atoms with Crippen LogP contribution < -0.4 is 16.0 Å². The van der Waals surface area contributed by atoms with Crippen LogP contribution in [0.4, 0.5) is 22.4 Å². The molecule has 0 aromatic carbocycles. The van der Waals surface area contributed by atoms with Crippen LogP contribution in [0.15, 0.2) is 0 Å². The molecular weight excluding hydrogens is 504 g/mol. The molecule has 0 unspecified atom stereocenters. The molecule has 4 atom stereocenters. The first-order valence-electron chi connectivity index (χ1n) is 11.7. The number of hydrogen-bond acceptors (Lipinski definition) is 6. The molecule has 0 bridgehead atoms. The zero-order valence-electron chi connectivity index (χ0n) is 22.0. The van der Waals surface area contributed by atoms with Gasteiger partial charge in [-0.2, -0.15) is 0 Å². The van der Waals surface area contributed by atoms with E-state index in [1.54, 1.807) is 20.8 Å². The van der Waals surface area contributed by atoms with Crippen LogP contribution in [-0.2, 0) is 23.9 Å². The maximum Gasteiger partial charge on any atom is 0.407 e. The first-order chi connectivity index (χ1) is 16.7. The molecule has 1 aliphatic heterocycles. The number of amides is 4. The second kappa shape index (κ2) is 12.1. The van der Waals surface area contributed by atoms with Crippen LogP contribution in [-0.4, -0.2) is 85.2 Å². The minimum atomic E-state index is -3.39. The lowest BCUT2D eigenvalue weighted by molar-refractivity contribution is -0.164. The lowest BCUT2D eigenvalue weighted by Gasteiger charge is -2.45. The molecule has 0 aromatic heterocycles. The van der Waals surface area contributed by atoms with Gasteiger partial charge in [0, 0.05) is 32.4 Å².